The van der Waals surface area contributed by atoms with Crippen molar-refractivity contribution in [2.75, 3.05) is 7.05 Å². The lowest BCUT2D eigenvalue weighted by Crippen LogP contribution is -2.59. The normalized spacial score (nSPS) is 23.1. The van der Waals surface area contributed by atoms with Gasteiger partial charge in [0.2, 0.25) is 0 Å². The Hall–Kier alpha value is -2.01. The first-order chi connectivity index (χ1) is 15.9. The van der Waals surface area contributed by atoms with Crippen molar-refractivity contribution in [2.45, 2.75) is 76.9 Å². The van der Waals surface area contributed by atoms with Crippen LogP contribution in [0.15, 0.2) is 53.0 Å². The summed E-state index contributed by atoms with van der Waals surface area (Å²) in [6, 6.07) is 14.6. The molecule has 6 heteroatoms. The Kier molecular flexibility index (Phi) is 6.80. The van der Waals surface area contributed by atoms with E-state index in [1.165, 1.54) is 11.1 Å². The van der Waals surface area contributed by atoms with Crippen molar-refractivity contribution in [2.24, 2.45) is 10.7 Å². The average Bonchev–Trinajstić information content (AvgIpc) is 2.75. The molecule has 182 valence electrons. The van der Waals surface area contributed by atoms with E-state index in [0.29, 0.717) is 16.0 Å². The van der Waals surface area contributed by atoms with E-state index in [1.807, 2.05) is 12.1 Å². The second-order valence-corrected chi connectivity index (χ2v) is 11.9. The highest BCUT2D eigenvalue weighted by Crippen LogP contribution is 2.42. The van der Waals surface area contributed by atoms with Crippen LogP contribution in [0.2, 0.25) is 10.0 Å². The molecular weight excluding hydrogens is 463 g/mol. The summed E-state index contributed by atoms with van der Waals surface area (Å²) in [6.07, 6.45) is 2.82. The van der Waals surface area contributed by atoms with Crippen LogP contribution in [0.4, 0.5) is 0 Å². The fraction of sp³-hybridized carbons (Fsp3) is 0.464. The minimum atomic E-state index is 0.0654. The van der Waals surface area contributed by atoms with E-state index in [0.717, 1.165) is 36.1 Å². The third-order valence-corrected chi connectivity index (χ3v) is 8.49. The summed E-state index contributed by atoms with van der Waals surface area (Å²) in [4.78, 5) is 7.41. The zero-order chi connectivity index (χ0) is 24.8. The topological polar surface area (TPSA) is 53.6 Å². The number of nitrogens with zero attached hydrogens (tertiary/aromatic N) is 2. The number of hydrogen-bond acceptors (Lipinski definition) is 2. The van der Waals surface area contributed by atoms with Crippen molar-refractivity contribution in [1.29, 1.82) is 0 Å². The predicted octanol–water partition coefficient (Wildman–Crippen LogP) is 6.82. The summed E-state index contributed by atoms with van der Waals surface area (Å²) in [7, 11) is 2.21. The van der Waals surface area contributed by atoms with Crippen molar-refractivity contribution in [3.63, 3.8) is 0 Å². The number of allylic oxidation sites excluding steroid dienone is 1. The molecule has 0 radical (unpaired) electrons. The number of piperidine rings is 1. The number of nitrogens with two attached hydrogens (primary N) is 1. The molecule has 0 bridgehead atoms. The van der Waals surface area contributed by atoms with E-state index in [-0.39, 0.29) is 23.0 Å². The fourth-order valence-electron chi connectivity index (χ4n) is 5.74. The van der Waals surface area contributed by atoms with Gasteiger partial charge in [0, 0.05) is 28.3 Å². The van der Waals surface area contributed by atoms with E-state index >= 15 is 0 Å². The monoisotopic (exact) mass is 498 g/mol. The molecule has 2 aliphatic rings. The Labute approximate surface area is 214 Å². The lowest BCUT2D eigenvalue weighted by atomic mass is 9.77. The molecule has 3 N–H and O–H groups in total. The molecule has 1 unspecified atom stereocenters. The van der Waals surface area contributed by atoms with Gasteiger partial charge in [-0.15, -0.1) is 0 Å². The Morgan fingerprint density at radius 3 is 2.32 bits per heavy atom. The van der Waals surface area contributed by atoms with Crippen LogP contribution < -0.4 is 11.1 Å². The van der Waals surface area contributed by atoms with E-state index in [4.69, 9.17) is 33.9 Å². The quantitative estimate of drug-likeness (QED) is 0.360. The molecule has 0 aromatic heterocycles. The predicted molar refractivity (Wildman–Crippen MR) is 146 cm³/mol. The number of nitrogens with one attached hydrogen (secondary N) is 1. The number of likely N-dealkylation sites (tertiary alicyclic amines) is 1. The van der Waals surface area contributed by atoms with Gasteiger partial charge in [0.15, 0.2) is 5.96 Å². The highest BCUT2D eigenvalue weighted by atomic mass is 35.5. The van der Waals surface area contributed by atoms with E-state index < -0.39 is 0 Å². The molecule has 1 aliphatic carbocycles. The molecule has 2 aromatic rings. The van der Waals surface area contributed by atoms with Crippen LogP contribution >= 0.6 is 23.2 Å². The van der Waals surface area contributed by atoms with Gasteiger partial charge in [0.1, 0.15) is 0 Å². The van der Waals surface area contributed by atoms with E-state index in [2.05, 4.69) is 82.2 Å². The summed E-state index contributed by atoms with van der Waals surface area (Å²) in [5.41, 5.74) is 12.5. The van der Waals surface area contributed by atoms with Crippen LogP contribution in [0.1, 0.15) is 76.5 Å². The van der Waals surface area contributed by atoms with Crippen LogP contribution in [-0.4, -0.2) is 35.0 Å². The van der Waals surface area contributed by atoms with Crippen molar-refractivity contribution in [1.82, 2.24) is 10.2 Å². The van der Waals surface area contributed by atoms with Crippen LogP contribution in [0.5, 0.6) is 0 Å². The highest BCUT2D eigenvalue weighted by molar-refractivity contribution is 6.42. The van der Waals surface area contributed by atoms with Gasteiger partial charge in [-0.05, 0) is 89.8 Å². The summed E-state index contributed by atoms with van der Waals surface area (Å²) in [6.45, 7) is 11.3. The summed E-state index contributed by atoms with van der Waals surface area (Å²) in [5, 5.41) is 4.64. The lowest BCUT2D eigenvalue weighted by Gasteiger charge is -2.52. The van der Waals surface area contributed by atoms with Crippen molar-refractivity contribution < 1.29 is 0 Å². The third kappa shape index (κ3) is 4.86. The lowest BCUT2D eigenvalue weighted by molar-refractivity contribution is -0.0107. The minimum Gasteiger partial charge on any atom is -0.370 e. The molecule has 4 rings (SSSR count). The summed E-state index contributed by atoms with van der Waals surface area (Å²) in [5.74, 6) is 0.698. The molecule has 0 amide bonds. The Morgan fingerprint density at radius 1 is 1.03 bits per heavy atom. The molecule has 1 atom stereocenters. The van der Waals surface area contributed by atoms with E-state index in [1.54, 1.807) is 0 Å². The first-order valence-corrected chi connectivity index (χ1v) is 12.7. The molecule has 1 heterocycles. The molecular formula is C28H36Cl2N4. The first-order valence-electron chi connectivity index (χ1n) is 12.0. The summed E-state index contributed by atoms with van der Waals surface area (Å²) < 4.78 is 0. The van der Waals surface area contributed by atoms with Gasteiger partial charge in [0.25, 0.3) is 0 Å². The SMILES string of the molecule is CC1=C(NC(N)=NC2CC(C)(C)N(C)C(C)(C)C2)c2ccccc2C(c2ccc(Cl)c(Cl)c2)C1. The van der Waals surface area contributed by atoms with Gasteiger partial charge >= 0.3 is 0 Å². The second kappa shape index (κ2) is 9.22. The zero-order valence-electron chi connectivity index (χ0n) is 21.0. The molecule has 1 fully saturated rings. The minimum absolute atomic E-state index is 0.0654. The van der Waals surface area contributed by atoms with Crippen molar-refractivity contribution in [3.8, 4) is 0 Å². The summed E-state index contributed by atoms with van der Waals surface area (Å²) >= 11 is 12.5. The average molecular weight is 500 g/mol. The molecule has 34 heavy (non-hydrogen) atoms. The number of benzene rings is 2. The van der Waals surface area contributed by atoms with Crippen LogP contribution in [-0.2, 0) is 0 Å². The second-order valence-electron chi connectivity index (χ2n) is 11.1. The molecule has 1 saturated heterocycles. The maximum absolute atomic E-state index is 6.51. The van der Waals surface area contributed by atoms with Crippen LogP contribution in [0.3, 0.4) is 0 Å². The van der Waals surface area contributed by atoms with E-state index in [9.17, 15) is 0 Å². The van der Waals surface area contributed by atoms with Crippen LogP contribution in [0, 0.1) is 0 Å². The number of halogens is 2. The Balaban J connectivity index is 1.62. The van der Waals surface area contributed by atoms with Gasteiger partial charge in [-0.3, -0.25) is 4.90 Å². The van der Waals surface area contributed by atoms with Gasteiger partial charge in [-0.1, -0.05) is 53.5 Å². The third-order valence-electron chi connectivity index (χ3n) is 7.75. The van der Waals surface area contributed by atoms with Gasteiger partial charge in [-0.2, -0.15) is 0 Å². The van der Waals surface area contributed by atoms with Crippen molar-refractivity contribution >= 4 is 34.9 Å². The Bertz CT molecular complexity index is 1130. The van der Waals surface area contributed by atoms with Crippen molar-refractivity contribution in [3.05, 3.63) is 74.8 Å². The molecule has 2 aromatic carbocycles. The van der Waals surface area contributed by atoms with Crippen LogP contribution in [0.25, 0.3) is 5.70 Å². The first kappa shape index (κ1) is 25.1. The van der Waals surface area contributed by atoms with Gasteiger partial charge in [-0.25, -0.2) is 4.99 Å². The standard InChI is InChI=1S/C28H36Cl2N4/c1-17-13-22(18-11-12-23(29)24(30)14-18)20-9-7-8-10-21(20)25(17)33-26(31)32-19-15-27(2,3)34(6)28(4,5)16-19/h7-12,14,19,22H,13,15-16H2,1-6H3,(H3,31,32,33). The van der Waals surface area contributed by atoms with Gasteiger partial charge in [0.05, 0.1) is 16.1 Å². The molecule has 1 aliphatic heterocycles. The van der Waals surface area contributed by atoms with Gasteiger partial charge < -0.3 is 11.1 Å². The number of hydrogen-bond donors (Lipinski definition) is 2. The number of guanidine groups is 1. The molecule has 0 saturated carbocycles. The highest BCUT2D eigenvalue weighted by Gasteiger charge is 2.43. The maximum atomic E-state index is 6.51. The largest absolute Gasteiger partial charge is 0.370 e. The maximum Gasteiger partial charge on any atom is 0.193 e. The number of aliphatic imine (C=N–C) groups is 1. The smallest absolute Gasteiger partial charge is 0.193 e. The molecule has 4 nitrogen and oxygen atoms in total. The number of fused-ring (bicyclic) bond motifs is 1. The zero-order valence-corrected chi connectivity index (χ0v) is 22.6. The fourth-order valence-corrected chi connectivity index (χ4v) is 6.05. The number of rotatable bonds is 3. The molecule has 0 spiro atoms. The Morgan fingerprint density at radius 2 is 1.68 bits per heavy atom.